The number of imidazole rings is 1. The zero-order valence-electron chi connectivity index (χ0n) is 16.2. The number of aromatic nitrogens is 4. The van der Waals surface area contributed by atoms with E-state index in [2.05, 4.69) is 4.98 Å². The van der Waals surface area contributed by atoms with Gasteiger partial charge in [-0.3, -0.25) is 18.3 Å². The van der Waals surface area contributed by atoms with Crippen molar-refractivity contribution in [2.24, 2.45) is 5.92 Å². The van der Waals surface area contributed by atoms with E-state index >= 15 is 0 Å². The molecule has 4 aromatic rings. The van der Waals surface area contributed by atoms with Gasteiger partial charge < -0.3 is 4.74 Å². The van der Waals surface area contributed by atoms with Crippen molar-refractivity contribution in [3.63, 3.8) is 0 Å². The van der Waals surface area contributed by atoms with Crippen molar-refractivity contribution in [2.75, 3.05) is 7.11 Å². The highest BCUT2D eigenvalue weighted by atomic mass is 16.5. The lowest BCUT2D eigenvalue weighted by Crippen LogP contribution is -2.41. The van der Waals surface area contributed by atoms with Crippen LogP contribution in [0.1, 0.15) is 18.4 Å². The molecule has 0 radical (unpaired) electrons. The average molecular weight is 390 g/mol. The van der Waals surface area contributed by atoms with Crippen LogP contribution in [0.15, 0.2) is 58.3 Å². The number of fused-ring (bicyclic) bond motifs is 3. The Balaban J connectivity index is 1.72. The van der Waals surface area contributed by atoms with Gasteiger partial charge >= 0.3 is 5.69 Å². The maximum absolute atomic E-state index is 13.2. The van der Waals surface area contributed by atoms with E-state index in [1.54, 1.807) is 34.4 Å². The molecule has 1 aliphatic rings. The molecule has 1 aromatic carbocycles. The molecule has 0 bridgehead atoms. The number of benzene rings is 1. The molecule has 0 aliphatic heterocycles. The van der Waals surface area contributed by atoms with Crippen LogP contribution in [0.3, 0.4) is 0 Å². The van der Waals surface area contributed by atoms with Crippen molar-refractivity contribution in [1.29, 1.82) is 0 Å². The lowest BCUT2D eigenvalue weighted by atomic mass is 10.1. The van der Waals surface area contributed by atoms with E-state index in [4.69, 9.17) is 4.74 Å². The van der Waals surface area contributed by atoms with Crippen LogP contribution in [0.4, 0.5) is 0 Å². The molecule has 0 atom stereocenters. The first-order chi connectivity index (χ1) is 14.2. The van der Waals surface area contributed by atoms with Crippen molar-refractivity contribution in [3.8, 4) is 5.75 Å². The fraction of sp³-hybridized carbons (Fsp3) is 0.318. The zero-order valence-corrected chi connectivity index (χ0v) is 16.2. The van der Waals surface area contributed by atoms with E-state index in [0.29, 0.717) is 48.0 Å². The first-order valence-corrected chi connectivity index (χ1v) is 9.89. The fourth-order valence-corrected chi connectivity index (χ4v) is 3.79. The zero-order chi connectivity index (χ0) is 20.0. The standard InChI is InChI=1S/C22H22N4O3/c1-29-17-10-12-24-18(13-17)23-20-19(24)21(27)26(14-16-7-8-16)22(28)25(20)11-9-15-5-3-2-4-6-15/h2-6,10,12-13,16H,7-9,11,14H2,1H3. The summed E-state index contributed by atoms with van der Waals surface area (Å²) in [6, 6.07) is 13.6. The molecule has 0 unspecified atom stereocenters. The van der Waals surface area contributed by atoms with E-state index < -0.39 is 0 Å². The van der Waals surface area contributed by atoms with Crippen LogP contribution >= 0.6 is 0 Å². The molecule has 1 aliphatic carbocycles. The maximum Gasteiger partial charge on any atom is 0.332 e. The normalized spacial score (nSPS) is 14.0. The Hall–Kier alpha value is -3.35. The molecule has 148 valence electrons. The molecule has 0 amide bonds. The molecule has 1 saturated carbocycles. The molecular weight excluding hydrogens is 368 g/mol. The number of hydrogen-bond acceptors (Lipinski definition) is 4. The van der Waals surface area contributed by atoms with Gasteiger partial charge in [-0.2, -0.15) is 0 Å². The largest absolute Gasteiger partial charge is 0.497 e. The third kappa shape index (κ3) is 3.12. The highest BCUT2D eigenvalue weighted by Gasteiger charge is 2.26. The van der Waals surface area contributed by atoms with Crippen LogP contribution in [-0.2, 0) is 19.5 Å². The summed E-state index contributed by atoms with van der Waals surface area (Å²) in [5.74, 6) is 1.07. The number of pyridine rings is 1. The molecule has 0 saturated heterocycles. The Morgan fingerprint density at radius 3 is 2.62 bits per heavy atom. The lowest BCUT2D eigenvalue weighted by Gasteiger charge is -2.11. The molecule has 5 rings (SSSR count). The van der Waals surface area contributed by atoms with Crippen molar-refractivity contribution in [2.45, 2.75) is 32.4 Å². The minimum Gasteiger partial charge on any atom is -0.497 e. The Kier molecular flexibility index (Phi) is 4.23. The topological polar surface area (TPSA) is 70.5 Å². The summed E-state index contributed by atoms with van der Waals surface area (Å²) in [4.78, 5) is 31.1. The Bertz CT molecular complexity index is 1310. The monoisotopic (exact) mass is 390 g/mol. The van der Waals surface area contributed by atoms with Gasteiger partial charge in [0, 0.05) is 25.4 Å². The van der Waals surface area contributed by atoms with Crippen LogP contribution in [0.5, 0.6) is 5.75 Å². The van der Waals surface area contributed by atoms with Crippen molar-refractivity contribution in [1.82, 2.24) is 18.5 Å². The predicted octanol–water partition coefficient (Wildman–Crippen LogP) is 2.47. The molecule has 0 spiro atoms. The second-order valence-electron chi connectivity index (χ2n) is 7.61. The minimum atomic E-state index is -0.277. The first kappa shape index (κ1) is 17.7. The Morgan fingerprint density at radius 1 is 1.10 bits per heavy atom. The third-order valence-corrected chi connectivity index (χ3v) is 5.58. The Morgan fingerprint density at radius 2 is 1.90 bits per heavy atom. The van der Waals surface area contributed by atoms with Gasteiger partial charge in [-0.1, -0.05) is 30.3 Å². The number of nitrogens with zero attached hydrogens (tertiary/aromatic N) is 4. The quantitative estimate of drug-likeness (QED) is 0.507. The summed E-state index contributed by atoms with van der Waals surface area (Å²) in [5, 5.41) is 0. The fourth-order valence-electron chi connectivity index (χ4n) is 3.79. The van der Waals surface area contributed by atoms with Gasteiger partial charge in [0.15, 0.2) is 11.2 Å². The summed E-state index contributed by atoms with van der Waals surface area (Å²) in [6.45, 7) is 0.938. The number of ether oxygens (including phenoxy) is 1. The van der Waals surface area contributed by atoms with Gasteiger partial charge in [0.2, 0.25) is 0 Å². The van der Waals surface area contributed by atoms with Gasteiger partial charge in [-0.25, -0.2) is 9.78 Å². The molecular formula is C22H22N4O3. The first-order valence-electron chi connectivity index (χ1n) is 9.89. The van der Waals surface area contributed by atoms with E-state index in [1.807, 2.05) is 30.3 Å². The van der Waals surface area contributed by atoms with Gasteiger partial charge in [-0.05, 0) is 36.8 Å². The third-order valence-electron chi connectivity index (χ3n) is 5.58. The molecule has 7 heteroatoms. The SMILES string of the molecule is COc1ccn2c(c1)nc1c2c(=O)n(CC2CC2)c(=O)n1CCc1ccccc1. The number of rotatable bonds is 6. The van der Waals surface area contributed by atoms with Crippen LogP contribution < -0.4 is 16.0 Å². The minimum absolute atomic E-state index is 0.273. The molecule has 29 heavy (non-hydrogen) atoms. The molecule has 7 nitrogen and oxygen atoms in total. The lowest BCUT2D eigenvalue weighted by molar-refractivity contribution is 0.414. The van der Waals surface area contributed by atoms with Crippen LogP contribution in [0.2, 0.25) is 0 Å². The van der Waals surface area contributed by atoms with Crippen LogP contribution in [0, 0.1) is 5.92 Å². The van der Waals surface area contributed by atoms with Gasteiger partial charge in [0.05, 0.1) is 7.11 Å². The van der Waals surface area contributed by atoms with Crippen molar-refractivity contribution >= 4 is 16.8 Å². The van der Waals surface area contributed by atoms with E-state index in [-0.39, 0.29) is 11.2 Å². The predicted molar refractivity (Wildman–Crippen MR) is 111 cm³/mol. The number of hydrogen-bond donors (Lipinski definition) is 0. The summed E-state index contributed by atoms with van der Waals surface area (Å²) in [5.41, 5.74) is 2.05. The average Bonchev–Trinajstić information content (AvgIpc) is 3.49. The summed E-state index contributed by atoms with van der Waals surface area (Å²) < 4.78 is 10.1. The van der Waals surface area contributed by atoms with Gasteiger partial charge in [0.25, 0.3) is 5.56 Å². The molecule has 1 fully saturated rings. The second-order valence-corrected chi connectivity index (χ2v) is 7.61. The molecule has 3 heterocycles. The highest BCUT2D eigenvalue weighted by molar-refractivity contribution is 5.76. The number of methoxy groups -OCH3 is 1. The highest BCUT2D eigenvalue weighted by Crippen LogP contribution is 2.30. The smallest absolute Gasteiger partial charge is 0.332 e. The van der Waals surface area contributed by atoms with E-state index in [9.17, 15) is 9.59 Å². The van der Waals surface area contributed by atoms with E-state index in [1.165, 1.54) is 4.57 Å². The van der Waals surface area contributed by atoms with Crippen LogP contribution in [-0.4, -0.2) is 25.6 Å². The molecule has 0 N–H and O–H groups in total. The van der Waals surface area contributed by atoms with Gasteiger partial charge in [-0.15, -0.1) is 0 Å². The number of aryl methyl sites for hydroxylation is 2. The van der Waals surface area contributed by atoms with Crippen molar-refractivity contribution < 1.29 is 4.74 Å². The molecule has 3 aromatic heterocycles. The van der Waals surface area contributed by atoms with E-state index in [0.717, 1.165) is 18.4 Å². The summed E-state index contributed by atoms with van der Waals surface area (Å²) in [6.07, 6.45) is 4.60. The second kappa shape index (κ2) is 6.92. The summed E-state index contributed by atoms with van der Waals surface area (Å²) in [7, 11) is 1.59. The summed E-state index contributed by atoms with van der Waals surface area (Å²) >= 11 is 0. The maximum atomic E-state index is 13.2. The van der Waals surface area contributed by atoms with Crippen molar-refractivity contribution in [3.05, 3.63) is 75.1 Å². The Labute approximate surface area is 166 Å². The van der Waals surface area contributed by atoms with Gasteiger partial charge in [0.1, 0.15) is 11.4 Å². The van der Waals surface area contributed by atoms with Crippen LogP contribution in [0.25, 0.3) is 16.8 Å².